The Kier molecular flexibility index (Phi) is 6.01. The molecule has 0 aliphatic heterocycles. The van der Waals surface area contributed by atoms with Crippen LogP contribution in [0.3, 0.4) is 0 Å². The van der Waals surface area contributed by atoms with E-state index in [-0.39, 0.29) is 23.0 Å². The van der Waals surface area contributed by atoms with Crippen molar-refractivity contribution >= 4 is 0 Å². The number of benzene rings is 1. The Bertz CT molecular complexity index is 422. The highest BCUT2D eigenvalue weighted by atomic mass is 16.5. The van der Waals surface area contributed by atoms with E-state index < -0.39 is 0 Å². The minimum atomic E-state index is 0.0189. The van der Waals surface area contributed by atoms with E-state index in [0.29, 0.717) is 6.61 Å². The van der Waals surface area contributed by atoms with Crippen LogP contribution in [-0.4, -0.2) is 18.8 Å². The molecule has 2 unspecified atom stereocenters. The van der Waals surface area contributed by atoms with E-state index >= 15 is 0 Å². The van der Waals surface area contributed by atoms with E-state index in [1.54, 1.807) is 0 Å². The molecule has 0 amide bonds. The first-order valence-corrected chi connectivity index (χ1v) is 8.02. The van der Waals surface area contributed by atoms with Crippen molar-refractivity contribution in [1.82, 2.24) is 0 Å². The highest BCUT2D eigenvalue weighted by molar-refractivity contribution is 5.28. The summed E-state index contributed by atoms with van der Waals surface area (Å²) in [4.78, 5) is 0. The number of hydrogen-bond donors (Lipinski definition) is 1. The van der Waals surface area contributed by atoms with Crippen LogP contribution in [0.25, 0.3) is 0 Å². The van der Waals surface area contributed by atoms with Gasteiger partial charge in [0.2, 0.25) is 0 Å². The topological polar surface area (TPSA) is 35.2 Å². The van der Waals surface area contributed by atoms with Gasteiger partial charge >= 0.3 is 0 Å². The quantitative estimate of drug-likeness (QED) is 0.877. The van der Waals surface area contributed by atoms with Gasteiger partial charge in [-0.3, -0.25) is 0 Å². The Morgan fingerprint density at radius 1 is 1.00 bits per heavy atom. The Morgan fingerprint density at radius 2 is 1.52 bits per heavy atom. The fourth-order valence-corrected chi connectivity index (χ4v) is 2.72. The highest BCUT2D eigenvalue weighted by Crippen LogP contribution is 2.27. The van der Waals surface area contributed by atoms with Gasteiger partial charge in [0.15, 0.2) is 0 Å². The SMILES string of the molecule is CCOC(C(N)Cc1ccc(C(C)(C)C)cc1)C(C)(C)C. The molecule has 0 saturated heterocycles. The molecule has 120 valence electrons. The van der Waals surface area contributed by atoms with Gasteiger partial charge in [0.25, 0.3) is 0 Å². The van der Waals surface area contributed by atoms with Gasteiger partial charge in [-0.05, 0) is 35.3 Å². The Hall–Kier alpha value is -0.860. The zero-order valence-corrected chi connectivity index (χ0v) is 14.9. The lowest BCUT2D eigenvalue weighted by atomic mass is 9.82. The third kappa shape index (κ3) is 5.44. The molecule has 0 bridgehead atoms. The van der Waals surface area contributed by atoms with Crippen molar-refractivity contribution in [2.24, 2.45) is 11.1 Å². The second kappa shape index (κ2) is 6.93. The number of hydrogen-bond acceptors (Lipinski definition) is 2. The lowest BCUT2D eigenvalue weighted by Crippen LogP contribution is -2.46. The molecule has 0 spiro atoms. The molecule has 0 aliphatic rings. The normalized spacial score (nSPS) is 15.8. The molecule has 0 radical (unpaired) electrons. The summed E-state index contributed by atoms with van der Waals surface area (Å²) in [6.07, 6.45) is 0.927. The standard InChI is InChI=1S/C19H33NO/c1-8-21-17(19(5,6)7)16(20)13-14-9-11-15(12-10-14)18(2,3)4/h9-12,16-17H,8,13,20H2,1-7H3. The van der Waals surface area contributed by atoms with Crippen molar-refractivity contribution < 1.29 is 4.74 Å². The molecular formula is C19H33NO. The van der Waals surface area contributed by atoms with Gasteiger partial charge in [-0.1, -0.05) is 65.8 Å². The lowest BCUT2D eigenvalue weighted by Gasteiger charge is -2.35. The van der Waals surface area contributed by atoms with Gasteiger partial charge in [0.05, 0.1) is 6.10 Å². The first-order valence-electron chi connectivity index (χ1n) is 8.02. The minimum absolute atomic E-state index is 0.0189. The number of rotatable bonds is 5. The van der Waals surface area contributed by atoms with Crippen LogP contribution >= 0.6 is 0 Å². The van der Waals surface area contributed by atoms with Crippen LogP contribution < -0.4 is 5.73 Å². The summed E-state index contributed by atoms with van der Waals surface area (Å²) in [5, 5.41) is 0. The summed E-state index contributed by atoms with van der Waals surface area (Å²) < 4.78 is 5.89. The van der Waals surface area contributed by atoms with Crippen LogP contribution in [0.15, 0.2) is 24.3 Å². The molecule has 21 heavy (non-hydrogen) atoms. The summed E-state index contributed by atoms with van der Waals surface area (Å²) in [7, 11) is 0. The zero-order valence-electron chi connectivity index (χ0n) is 14.9. The molecule has 0 aromatic heterocycles. The molecule has 2 N–H and O–H groups in total. The Balaban J connectivity index is 2.80. The van der Waals surface area contributed by atoms with Crippen molar-refractivity contribution in [2.45, 2.75) is 72.4 Å². The van der Waals surface area contributed by atoms with Gasteiger partial charge < -0.3 is 10.5 Å². The van der Waals surface area contributed by atoms with Crippen molar-refractivity contribution in [2.75, 3.05) is 6.61 Å². The van der Waals surface area contributed by atoms with E-state index in [1.165, 1.54) is 11.1 Å². The predicted molar refractivity (Wildman–Crippen MR) is 91.7 cm³/mol. The largest absolute Gasteiger partial charge is 0.376 e. The van der Waals surface area contributed by atoms with Gasteiger partial charge in [-0.15, -0.1) is 0 Å². The summed E-state index contributed by atoms with van der Waals surface area (Å²) >= 11 is 0. The van der Waals surface area contributed by atoms with Crippen LogP contribution in [0, 0.1) is 5.41 Å². The Labute approximate surface area is 131 Å². The molecule has 0 heterocycles. The second-order valence-corrected chi connectivity index (χ2v) is 8.06. The predicted octanol–water partition coefficient (Wildman–Crippen LogP) is 4.31. The van der Waals surface area contributed by atoms with Crippen LogP contribution in [0.4, 0.5) is 0 Å². The number of ether oxygens (including phenoxy) is 1. The molecule has 1 rings (SSSR count). The third-order valence-electron chi connectivity index (χ3n) is 3.88. The molecular weight excluding hydrogens is 258 g/mol. The van der Waals surface area contributed by atoms with Crippen LogP contribution in [-0.2, 0) is 16.6 Å². The van der Waals surface area contributed by atoms with E-state index in [9.17, 15) is 0 Å². The second-order valence-electron chi connectivity index (χ2n) is 8.06. The summed E-state index contributed by atoms with van der Waals surface area (Å²) in [6, 6.07) is 8.85. The molecule has 2 atom stereocenters. The van der Waals surface area contributed by atoms with Crippen LogP contribution in [0.1, 0.15) is 59.6 Å². The van der Waals surface area contributed by atoms with Crippen LogP contribution in [0.5, 0.6) is 0 Å². The molecule has 1 aromatic rings. The molecule has 1 aromatic carbocycles. The van der Waals surface area contributed by atoms with E-state index in [0.717, 1.165) is 6.42 Å². The summed E-state index contributed by atoms with van der Waals surface area (Å²) in [5.41, 5.74) is 9.31. The average molecular weight is 291 g/mol. The van der Waals surface area contributed by atoms with Crippen molar-refractivity contribution in [3.63, 3.8) is 0 Å². The zero-order chi connectivity index (χ0) is 16.3. The summed E-state index contributed by atoms with van der Waals surface area (Å²) in [5.74, 6) is 0. The monoisotopic (exact) mass is 291 g/mol. The smallest absolute Gasteiger partial charge is 0.0777 e. The van der Waals surface area contributed by atoms with Gasteiger partial charge in [-0.2, -0.15) is 0 Å². The molecule has 2 nitrogen and oxygen atoms in total. The van der Waals surface area contributed by atoms with Crippen molar-refractivity contribution in [3.8, 4) is 0 Å². The lowest BCUT2D eigenvalue weighted by molar-refractivity contribution is -0.0274. The van der Waals surface area contributed by atoms with E-state index in [4.69, 9.17) is 10.5 Å². The maximum Gasteiger partial charge on any atom is 0.0777 e. The van der Waals surface area contributed by atoms with Gasteiger partial charge in [-0.25, -0.2) is 0 Å². The van der Waals surface area contributed by atoms with Crippen molar-refractivity contribution in [1.29, 1.82) is 0 Å². The fraction of sp³-hybridized carbons (Fsp3) is 0.684. The highest BCUT2D eigenvalue weighted by Gasteiger charge is 2.30. The average Bonchev–Trinajstić information content (AvgIpc) is 2.34. The fourth-order valence-electron chi connectivity index (χ4n) is 2.72. The molecule has 0 fully saturated rings. The minimum Gasteiger partial charge on any atom is -0.376 e. The third-order valence-corrected chi connectivity index (χ3v) is 3.88. The maximum absolute atomic E-state index is 6.42. The van der Waals surface area contributed by atoms with Crippen LogP contribution in [0.2, 0.25) is 0 Å². The van der Waals surface area contributed by atoms with E-state index in [2.05, 4.69) is 65.8 Å². The maximum atomic E-state index is 6.42. The number of nitrogens with two attached hydrogens (primary N) is 1. The van der Waals surface area contributed by atoms with E-state index in [1.807, 2.05) is 6.92 Å². The van der Waals surface area contributed by atoms with Crippen molar-refractivity contribution in [3.05, 3.63) is 35.4 Å². The molecule has 2 heteroatoms. The molecule has 0 aliphatic carbocycles. The summed E-state index contributed by atoms with van der Waals surface area (Å²) in [6.45, 7) is 16.0. The molecule has 0 saturated carbocycles. The van der Waals surface area contributed by atoms with Gasteiger partial charge in [0, 0.05) is 12.6 Å². The first kappa shape index (κ1) is 18.2. The van der Waals surface area contributed by atoms with Gasteiger partial charge in [0.1, 0.15) is 0 Å². The first-order chi connectivity index (χ1) is 9.55. The Morgan fingerprint density at radius 3 is 1.90 bits per heavy atom.